The summed E-state index contributed by atoms with van der Waals surface area (Å²) in [7, 11) is 0. The number of amides is 1. The number of fused-ring (bicyclic) bond motifs is 1. The van der Waals surface area contributed by atoms with Crippen molar-refractivity contribution in [1.29, 1.82) is 0 Å². The zero-order valence-corrected chi connectivity index (χ0v) is 17.1. The standard InChI is InChI=1S/C19H25N3O2.C2H6/c1-13-11-22(20-14(13)2)17-7-6-16-12-21(9-8-15(16)10-17)18(23)24-19(3,4)5;1-2/h6-7,10-11H,8-9,12H2,1-5H3;1-2H3. The van der Waals surface area contributed by atoms with Gasteiger partial charge in [0.1, 0.15) is 5.60 Å². The molecule has 1 aliphatic heterocycles. The molecule has 1 aromatic carbocycles. The molecule has 0 unspecified atom stereocenters. The number of rotatable bonds is 1. The maximum absolute atomic E-state index is 12.2. The molecule has 1 aliphatic rings. The highest BCUT2D eigenvalue weighted by Crippen LogP contribution is 2.24. The minimum Gasteiger partial charge on any atom is -0.444 e. The van der Waals surface area contributed by atoms with Gasteiger partial charge in [0, 0.05) is 19.3 Å². The molecule has 0 saturated heterocycles. The summed E-state index contributed by atoms with van der Waals surface area (Å²) in [6.45, 7) is 15.0. The number of hydrogen-bond donors (Lipinski definition) is 0. The van der Waals surface area contributed by atoms with Crippen molar-refractivity contribution in [1.82, 2.24) is 14.7 Å². The van der Waals surface area contributed by atoms with Crippen LogP contribution in [0.2, 0.25) is 0 Å². The second-order valence-corrected chi connectivity index (χ2v) is 7.45. The maximum Gasteiger partial charge on any atom is 0.410 e. The van der Waals surface area contributed by atoms with E-state index in [-0.39, 0.29) is 6.09 Å². The average molecular weight is 357 g/mol. The van der Waals surface area contributed by atoms with E-state index in [1.165, 1.54) is 16.7 Å². The monoisotopic (exact) mass is 357 g/mol. The third-order valence-electron chi connectivity index (χ3n) is 4.26. The summed E-state index contributed by atoms with van der Waals surface area (Å²) in [5.74, 6) is 0. The van der Waals surface area contributed by atoms with Crippen LogP contribution in [0.3, 0.4) is 0 Å². The van der Waals surface area contributed by atoms with Crippen molar-refractivity contribution in [3.63, 3.8) is 0 Å². The molecule has 3 rings (SSSR count). The van der Waals surface area contributed by atoms with Crippen LogP contribution < -0.4 is 0 Å². The van der Waals surface area contributed by atoms with E-state index in [1.54, 1.807) is 4.90 Å². The van der Waals surface area contributed by atoms with E-state index in [0.29, 0.717) is 13.1 Å². The Bertz CT molecular complexity index is 753. The highest BCUT2D eigenvalue weighted by atomic mass is 16.6. The Morgan fingerprint density at radius 3 is 2.42 bits per heavy atom. The largest absolute Gasteiger partial charge is 0.444 e. The van der Waals surface area contributed by atoms with Gasteiger partial charge in [0.25, 0.3) is 0 Å². The van der Waals surface area contributed by atoms with Crippen molar-refractivity contribution >= 4 is 6.09 Å². The van der Waals surface area contributed by atoms with Crippen molar-refractivity contribution in [3.05, 3.63) is 46.8 Å². The van der Waals surface area contributed by atoms with Crippen LogP contribution >= 0.6 is 0 Å². The molecule has 0 aliphatic carbocycles. The van der Waals surface area contributed by atoms with E-state index in [4.69, 9.17) is 4.74 Å². The Morgan fingerprint density at radius 2 is 1.85 bits per heavy atom. The lowest BCUT2D eigenvalue weighted by atomic mass is 9.99. The SMILES string of the molecule is CC.Cc1cn(-c2ccc3c(c2)CCN(C(=O)OC(C)(C)C)C3)nc1C. The summed E-state index contributed by atoms with van der Waals surface area (Å²) in [4.78, 5) is 14.0. The number of nitrogens with zero attached hydrogens (tertiary/aromatic N) is 3. The Morgan fingerprint density at radius 1 is 1.15 bits per heavy atom. The van der Waals surface area contributed by atoms with Gasteiger partial charge in [-0.25, -0.2) is 9.48 Å². The van der Waals surface area contributed by atoms with Gasteiger partial charge in [-0.1, -0.05) is 19.9 Å². The van der Waals surface area contributed by atoms with Gasteiger partial charge in [-0.3, -0.25) is 0 Å². The van der Waals surface area contributed by atoms with E-state index in [0.717, 1.165) is 17.8 Å². The normalized spacial score (nSPS) is 13.6. The third-order valence-corrected chi connectivity index (χ3v) is 4.26. The fourth-order valence-electron chi connectivity index (χ4n) is 2.84. The van der Waals surface area contributed by atoms with E-state index >= 15 is 0 Å². The summed E-state index contributed by atoms with van der Waals surface area (Å²) < 4.78 is 7.40. The van der Waals surface area contributed by atoms with Crippen LogP contribution in [0.5, 0.6) is 0 Å². The van der Waals surface area contributed by atoms with Gasteiger partial charge >= 0.3 is 6.09 Å². The van der Waals surface area contributed by atoms with Gasteiger partial charge in [-0.2, -0.15) is 5.10 Å². The molecule has 0 saturated carbocycles. The fraction of sp³-hybridized carbons (Fsp3) is 0.524. The Hall–Kier alpha value is -2.30. The average Bonchev–Trinajstić information content (AvgIpc) is 2.93. The van der Waals surface area contributed by atoms with Crippen molar-refractivity contribution < 1.29 is 9.53 Å². The zero-order chi connectivity index (χ0) is 19.5. The van der Waals surface area contributed by atoms with Gasteiger partial charge < -0.3 is 9.64 Å². The highest BCUT2D eigenvalue weighted by Gasteiger charge is 2.25. The summed E-state index contributed by atoms with van der Waals surface area (Å²) >= 11 is 0. The molecule has 0 bridgehead atoms. The smallest absolute Gasteiger partial charge is 0.410 e. The Kier molecular flexibility index (Phi) is 6.11. The molecule has 2 aromatic rings. The molecule has 0 N–H and O–H groups in total. The quantitative estimate of drug-likeness (QED) is 0.736. The van der Waals surface area contributed by atoms with Gasteiger partial charge in [0.15, 0.2) is 0 Å². The number of carbonyl (C=O) groups excluding carboxylic acids is 1. The summed E-state index contributed by atoms with van der Waals surface area (Å²) in [5, 5.41) is 4.54. The number of aryl methyl sites for hydroxylation is 2. The van der Waals surface area contributed by atoms with E-state index < -0.39 is 5.60 Å². The minimum atomic E-state index is -0.461. The first kappa shape index (κ1) is 20.0. The number of ether oxygens (including phenoxy) is 1. The van der Waals surface area contributed by atoms with E-state index in [1.807, 2.05) is 52.4 Å². The first-order valence-corrected chi connectivity index (χ1v) is 9.36. The minimum absolute atomic E-state index is 0.240. The number of benzene rings is 1. The van der Waals surface area contributed by atoms with Gasteiger partial charge in [-0.15, -0.1) is 0 Å². The summed E-state index contributed by atoms with van der Waals surface area (Å²) in [5.41, 5.74) is 5.29. The first-order chi connectivity index (χ1) is 12.2. The molecule has 26 heavy (non-hydrogen) atoms. The van der Waals surface area contributed by atoms with Crippen molar-refractivity contribution in [3.8, 4) is 5.69 Å². The van der Waals surface area contributed by atoms with E-state index in [9.17, 15) is 4.79 Å². The molecule has 142 valence electrons. The molecule has 0 radical (unpaired) electrons. The van der Waals surface area contributed by atoms with Gasteiger partial charge in [0.05, 0.1) is 11.4 Å². The summed E-state index contributed by atoms with van der Waals surface area (Å²) in [6, 6.07) is 6.32. The van der Waals surface area contributed by atoms with Gasteiger partial charge in [-0.05, 0) is 69.9 Å². The molecular weight excluding hydrogens is 326 g/mol. The van der Waals surface area contributed by atoms with Crippen molar-refractivity contribution in [2.24, 2.45) is 0 Å². The third kappa shape index (κ3) is 4.65. The Balaban J connectivity index is 0.00000117. The van der Waals surface area contributed by atoms with Crippen LogP contribution in [0.1, 0.15) is 57.0 Å². The zero-order valence-electron chi connectivity index (χ0n) is 17.1. The van der Waals surface area contributed by atoms with E-state index in [2.05, 4.69) is 30.2 Å². The molecule has 0 fully saturated rings. The molecule has 0 atom stereocenters. The second-order valence-electron chi connectivity index (χ2n) is 7.45. The van der Waals surface area contributed by atoms with Crippen LogP contribution in [0.15, 0.2) is 24.4 Å². The fourth-order valence-corrected chi connectivity index (χ4v) is 2.84. The molecule has 2 heterocycles. The van der Waals surface area contributed by atoms with Crippen LogP contribution in [-0.2, 0) is 17.7 Å². The lowest BCUT2D eigenvalue weighted by Crippen LogP contribution is -2.39. The predicted octanol–water partition coefficient (Wildman–Crippen LogP) is 4.81. The highest BCUT2D eigenvalue weighted by molar-refractivity contribution is 5.68. The lowest BCUT2D eigenvalue weighted by molar-refractivity contribution is 0.0224. The molecule has 0 spiro atoms. The van der Waals surface area contributed by atoms with Crippen LogP contribution in [-0.4, -0.2) is 32.9 Å². The van der Waals surface area contributed by atoms with Crippen LogP contribution in [0, 0.1) is 13.8 Å². The molecule has 5 heteroatoms. The maximum atomic E-state index is 12.2. The molecule has 5 nitrogen and oxygen atoms in total. The van der Waals surface area contributed by atoms with Crippen LogP contribution in [0.25, 0.3) is 5.69 Å². The molecular formula is C21H31N3O2. The second kappa shape index (κ2) is 7.94. The van der Waals surface area contributed by atoms with Crippen LogP contribution in [0.4, 0.5) is 4.79 Å². The number of aromatic nitrogens is 2. The molecule has 1 aromatic heterocycles. The van der Waals surface area contributed by atoms with Gasteiger partial charge in [0.2, 0.25) is 0 Å². The number of hydrogen-bond acceptors (Lipinski definition) is 3. The van der Waals surface area contributed by atoms with Crippen molar-refractivity contribution in [2.75, 3.05) is 6.54 Å². The number of carbonyl (C=O) groups is 1. The van der Waals surface area contributed by atoms with Crippen molar-refractivity contribution in [2.45, 2.75) is 67.0 Å². The topological polar surface area (TPSA) is 47.4 Å². The summed E-state index contributed by atoms with van der Waals surface area (Å²) in [6.07, 6.45) is 2.64. The molecule has 1 amide bonds. The predicted molar refractivity (Wildman–Crippen MR) is 105 cm³/mol. The first-order valence-electron chi connectivity index (χ1n) is 9.36. The Labute approximate surface area is 157 Å². The lowest BCUT2D eigenvalue weighted by Gasteiger charge is -2.31.